The molecule has 0 aliphatic rings. The van der Waals surface area contributed by atoms with Crippen LogP contribution in [0, 0.1) is 23.7 Å². The second-order valence-corrected chi connectivity index (χ2v) is 6.32. The molecule has 0 aliphatic heterocycles. The molecule has 0 aromatic heterocycles. The largest absolute Gasteiger partial charge is 0.396 e. The summed E-state index contributed by atoms with van der Waals surface area (Å²) in [5.74, 6) is 1.00. The summed E-state index contributed by atoms with van der Waals surface area (Å²) in [6.07, 6.45) is 2.20. The van der Waals surface area contributed by atoms with Gasteiger partial charge in [0.25, 0.3) is 0 Å². The zero-order chi connectivity index (χ0) is 15.9. The van der Waals surface area contributed by atoms with Crippen LogP contribution < -0.4 is 0 Å². The van der Waals surface area contributed by atoms with Gasteiger partial charge in [-0.15, -0.1) is 0 Å². The SMILES string of the molecule is CCC(CC)C(C)N(CC)C(=O)C(C)C(CO)C(C)C. The number of carbonyl (C=O) groups is 1. The quantitative estimate of drug-likeness (QED) is 0.703. The lowest BCUT2D eigenvalue weighted by Gasteiger charge is -2.37. The topological polar surface area (TPSA) is 40.5 Å². The maximum absolute atomic E-state index is 12.8. The number of amides is 1. The number of aliphatic hydroxyl groups is 1. The molecule has 0 aliphatic carbocycles. The molecular formula is C17H35NO2. The van der Waals surface area contributed by atoms with Crippen molar-refractivity contribution in [3.8, 4) is 0 Å². The van der Waals surface area contributed by atoms with Gasteiger partial charge in [0.05, 0.1) is 0 Å². The summed E-state index contributed by atoms with van der Waals surface area (Å²) in [5.41, 5.74) is 0. The fourth-order valence-corrected chi connectivity index (χ4v) is 3.26. The average Bonchev–Trinajstić information content (AvgIpc) is 2.41. The summed E-state index contributed by atoms with van der Waals surface area (Å²) in [7, 11) is 0. The molecule has 0 fully saturated rings. The standard InChI is InChI=1S/C17H35NO2/c1-8-15(9-2)14(7)18(10-3)17(20)13(6)16(11-19)12(4)5/h12-16,19H,8-11H2,1-7H3. The van der Waals surface area contributed by atoms with Crippen LogP contribution in [0.3, 0.4) is 0 Å². The van der Waals surface area contributed by atoms with E-state index in [-0.39, 0.29) is 30.4 Å². The minimum absolute atomic E-state index is 0.0467. The van der Waals surface area contributed by atoms with Crippen LogP contribution in [-0.4, -0.2) is 35.1 Å². The van der Waals surface area contributed by atoms with Crippen molar-refractivity contribution in [2.45, 2.75) is 67.3 Å². The van der Waals surface area contributed by atoms with Gasteiger partial charge < -0.3 is 10.0 Å². The predicted molar refractivity (Wildman–Crippen MR) is 85.5 cm³/mol. The van der Waals surface area contributed by atoms with Gasteiger partial charge in [0.2, 0.25) is 5.91 Å². The highest BCUT2D eigenvalue weighted by Crippen LogP contribution is 2.25. The summed E-state index contributed by atoms with van der Waals surface area (Å²) in [6.45, 7) is 15.5. The van der Waals surface area contributed by atoms with Gasteiger partial charge in [0.15, 0.2) is 0 Å². The molecule has 0 rings (SSSR count). The van der Waals surface area contributed by atoms with Crippen LogP contribution in [-0.2, 0) is 4.79 Å². The Bertz CT molecular complexity index is 274. The van der Waals surface area contributed by atoms with E-state index in [0.717, 1.165) is 19.4 Å². The molecule has 20 heavy (non-hydrogen) atoms. The van der Waals surface area contributed by atoms with Crippen molar-refractivity contribution >= 4 is 5.91 Å². The number of hydrogen-bond donors (Lipinski definition) is 1. The summed E-state index contributed by atoms with van der Waals surface area (Å²) in [5, 5.41) is 9.54. The van der Waals surface area contributed by atoms with Crippen molar-refractivity contribution in [2.24, 2.45) is 23.7 Å². The van der Waals surface area contributed by atoms with E-state index in [2.05, 4.69) is 34.6 Å². The van der Waals surface area contributed by atoms with Crippen molar-refractivity contribution < 1.29 is 9.90 Å². The summed E-state index contributed by atoms with van der Waals surface area (Å²) in [6, 6.07) is 0.274. The van der Waals surface area contributed by atoms with E-state index in [0.29, 0.717) is 11.8 Å². The molecule has 0 radical (unpaired) electrons. The first-order valence-electron chi connectivity index (χ1n) is 8.26. The number of rotatable bonds is 9. The highest BCUT2D eigenvalue weighted by atomic mass is 16.3. The van der Waals surface area contributed by atoms with Crippen LogP contribution in [0.15, 0.2) is 0 Å². The number of carbonyl (C=O) groups excluding carboxylic acids is 1. The Morgan fingerprint density at radius 3 is 1.85 bits per heavy atom. The van der Waals surface area contributed by atoms with E-state index >= 15 is 0 Å². The van der Waals surface area contributed by atoms with Crippen molar-refractivity contribution in [2.75, 3.05) is 13.2 Å². The minimum Gasteiger partial charge on any atom is -0.396 e. The molecule has 0 bridgehead atoms. The first kappa shape index (κ1) is 19.4. The van der Waals surface area contributed by atoms with Crippen LogP contribution in [0.5, 0.6) is 0 Å². The molecule has 1 amide bonds. The minimum atomic E-state index is -0.114. The van der Waals surface area contributed by atoms with Gasteiger partial charge in [-0.05, 0) is 31.6 Å². The highest BCUT2D eigenvalue weighted by molar-refractivity contribution is 5.79. The van der Waals surface area contributed by atoms with Gasteiger partial charge in [0.1, 0.15) is 0 Å². The van der Waals surface area contributed by atoms with Crippen molar-refractivity contribution in [3.05, 3.63) is 0 Å². The molecule has 3 unspecified atom stereocenters. The Hall–Kier alpha value is -0.570. The van der Waals surface area contributed by atoms with Crippen LogP contribution in [0.1, 0.15) is 61.3 Å². The lowest BCUT2D eigenvalue weighted by Crippen LogP contribution is -2.47. The molecule has 0 aromatic rings. The summed E-state index contributed by atoms with van der Waals surface area (Å²) in [4.78, 5) is 14.8. The van der Waals surface area contributed by atoms with E-state index in [4.69, 9.17) is 0 Å². The molecule has 3 heteroatoms. The molecule has 0 spiro atoms. The Morgan fingerprint density at radius 2 is 1.55 bits per heavy atom. The van der Waals surface area contributed by atoms with Gasteiger partial charge >= 0.3 is 0 Å². The number of nitrogens with zero attached hydrogens (tertiary/aromatic N) is 1. The predicted octanol–water partition coefficient (Wildman–Crippen LogP) is 3.56. The fraction of sp³-hybridized carbons (Fsp3) is 0.941. The normalized spacial score (nSPS) is 16.3. The van der Waals surface area contributed by atoms with Gasteiger partial charge in [-0.25, -0.2) is 0 Å². The monoisotopic (exact) mass is 285 g/mol. The third kappa shape index (κ3) is 4.76. The zero-order valence-electron chi connectivity index (χ0n) is 14.5. The van der Waals surface area contributed by atoms with Gasteiger partial charge in [0, 0.05) is 25.1 Å². The second kappa shape index (κ2) is 9.38. The number of aliphatic hydroxyl groups excluding tert-OH is 1. The van der Waals surface area contributed by atoms with Crippen molar-refractivity contribution in [1.29, 1.82) is 0 Å². The van der Waals surface area contributed by atoms with Gasteiger partial charge in [-0.3, -0.25) is 4.79 Å². The molecule has 0 aromatic carbocycles. The number of hydrogen-bond acceptors (Lipinski definition) is 2. The molecule has 0 saturated carbocycles. The average molecular weight is 285 g/mol. The summed E-state index contributed by atoms with van der Waals surface area (Å²) < 4.78 is 0. The molecule has 0 heterocycles. The molecule has 3 nitrogen and oxygen atoms in total. The van der Waals surface area contributed by atoms with Crippen molar-refractivity contribution in [3.63, 3.8) is 0 Å². The maximum Gasteiger partial charge on any atom is 0.226 e. The van der Waals surface area contributed by atoms with E-state index < -0.39 is 0 Å². The van der Waals surface area contributed by atoms with E-state index in [1.165, 1.54) is 0 Å². The third-order valence-corrected chi connectivity index (χ3v) is 4.95. The fourth-order valence-electron chi connectivity index (χ4n) is 3.26. The first-order valence-corrected chi connectivity index (χ1v) is 8.26. The lowest BCUT2D eigenvalue weighted by atomic mass is 9.83. The Morgan fingerprint density at radius 1 is 1.05 bits per heavy atom. The molecular weight excluding hydrogens is 250 g/mol. The van der Waals surface area contributed by atoms with E-state index in [1.807, 2.05) is 18.7 Å². The van der Waals surface area contributed by atoms with Gasteiger partial charge in [-0.2, -0.15) is 0 Å². The van der Waals surface area contributed by atoms with Crippen molar-refractivity contribution in [1.82, 2.24) is 4.90 Å². The molecule has 1 N–H and O–H groups in total. The van der Waals surface area contributed by atoms with E-state index in [1.54, 1.807) is 0 Å². The smallest absolute Gasteiger partial charge is 0.226 e. The summed E-state index contributed by atoms with van der Waals surface area (Å²) >= 11 is 0. The molecule has 3 atom stereocenters. The molecule has 120 valence electrons. The second-order valence-electron chi connectivity index (χ2n) is 6.32. The van der Waals surface area contributed by atoms with Crippen LogP contribution in [0.25, 0.3) is 0 Å². The molecule has 0 saturated heterocycles. The maximum atomic E-state index is 12.8. The zero-order valence-corrected chi connectivity index (χ0v) is 14.5. The van der Waals surface area contributed by atoms with Crippen LogP contribution >= 0.6 is 0 Å². The third-order valence-electron chi connectivity index (χ3n) is 4.95. The van der Waals surface area contributed by atoms with Gasteiger partial charge in [-0.1, -0.05) is 47.5 Å². The first-order chi connectivity index (χ1) is 9.35. The van der Waals surface area contributed by atoms with Crippen LogP contribution in [0.4, 0.5) is 0 Å². The highest BCUT2D eigenvalue weighted by Gasteiger charge is 2.32. The van der Waals surface area contributed by atoms with E-state index in [9.17, 15) is 9.90 Å². The lowest BCUT2D eigenvalue weighted by molar-refractivity contribution is -0.141. The van der Waals surface area contributed by atoms with Crippen LogP contribution in [0.2, 0.25) is 0 Å². The Labute approximate surface area is 125 Å². The Kier molecular flexibility index (Phi) is 9.11. The Balaban J connectivity index is 5.01.